The van der Waals surface area contributed by atoms with Crippen molar-refractivity contribution in [2.45, 2.75) is 33.6 Å². The molecule has 0 saturated carbocycles. The van der Waals surface area contributed by atoms with E-state index < -0.39 is 0 Å². The largest absolute Gasteiger partial charge is 0.256 e. The summed E-state index contributed by atoms with van der Waals surface area (Å²) in [4.78, 5) is 4.48. The van der Waals surface area contributed by atoms with Gasteiger partial charge in [0, 0.05) is 11.6 Å². The average molecular weight is 213 g/mol. The predicted molar refractivity (Wildman–Crippen MR) is 69.5 cm³/mol. The van der Waals surface area contributed by atoms with Crippen LogP contribution in [-0.4, -0.2) is 4.98 Å². The number of benzene rings is 1. The Balaban J connectivity index is 2.20. The number of rotatable bonds is 2. The SMILES string of the molecule is CC(C)(C)CCc1cnc2ccccc2c1. The molecule has 0 fully saturated rings. The first-order valence-electron chi connectivity index (χ1n) is 5.88. The van der Waals surface area contributed by atoms with Gasteiger partial charge in [0.15, 0.2) is 0 Å². The smallest absolute Gasteiger partial charge is 0.0702 e. The third-order valence-electron chi connectivity index (χ3n) is 2.81. The van der Waals surface area contributed by atoms with Crippen molar-refractivity contribution in [3.05, 3.63) is 42.1 Å². The van der Waals surface area contributed by atoms with Crippen molar-refractivity contribution in [1.82, 2.24) is 4.98 Å². The van der Waals surface area contributed by atoms with Crippen LogP contribution in [0, 0.1) is 5.41 Å². The summed E-state index contributed by atoms with van der Waals surface area (Å²) in [7, 11) is 0. The molecule has 0 radical (unpaired) electrons. The van der Waals surface area contributed by atoms with Crippen LogP contribution in [0.2, 0.25) is 0 Å². The average Bonchev–Trinajstić information content (AvgIpc) is 2.25. The van der Waals surface area contributed by atoms with Crippen molar-refractivity contribution in [2.24, 2.45) is 5.41 Å². The lowest BCUT2D eigenvalue weighted by molar-refractivity contribution is 0.378. The van der Waals surface area contributed by atoms with Crippen LogP contribution in [-0.2, 0) is 6.42 Å². The molecule has 0 saturated heterocycles. The summed E-state index contributed by atoms with van der Waals surface area (Å²) < 4.78 is 0. The van der Waals surface area contributed by atoms with E-state index in [1.165, 1.54) is 17.4 Å². The number of fused-ring (bicyclic) bond motifs is 1. The first kappa shape index (κ1) is 11.1. The van der Waals surface area contributed by atoms with Crippen LogP contribution >= 0.6 is 0 Å². The topological polar surface area (TPSA) is 12.9 Å². The summed E-state index contributed by atoms with van der Waals surface area (Å²) in [6.07, 6.45) is 4.32. The third-order valence-corrected chi connectivity index (χ3v) is 2.81. The Morgan fingerprint density at radius 3 is 2.62 bits per heavy atom. The molecule has 1 heteroatoms. The third kappa shape index (κ3) is 2.82. The van der Waals surface area contributed by atoms with Gasteiger partial charge in [0.25, 0.3) is 0 Å². The first-order chi connectivity index (χ1) is 7.54. The normalized spacial score (nSPS) is 11.9. The summed E-state index contributed by atoms with van der Waals surface area (Å²) in [5.41, 5.74) is 2.82. The van der Waals surface area contributed by atoms with E-state index in [1.54, 1.807) is 0 Å². The highest BCUT2D eigenvalue weighted by Crippen LogP contribution is 2.22. The van der Waals surface area contributed by atoms with E-state index >= 15 is 0 Å². The number of aromatic nitrogens is 1. The van der Waals surface area contributed by atoms with Gasteiger partial charge in [-0.3, -0.25) is 4.98 Å². The van der Waals surface area contributed by atoms with Gasteiger partial charge in [-0.05, 0) is 36.0 Å². The van der Waals surface area contributed by atoms with Crippen LogP contribution in [0.5, 0.6) is 0 Å². The van der Waals surface area contributed by atoms with E-state index in [1.807, 2.05) is 12.3 Å². The zero-order chi connectivity index (χ0) is 11.6. The number of hydrogen-bond acceptors (Lipinski definition) is 1. The lowest BCUT2D eigenvalue weighted by Gasteiger charge is -2.17. The quantitative estimate of drug-likeness (QED) is 0.728. The molecule has 2 aromatic rings. The maximum Gasteiger partial charge on any atom is 0.0702 e. The van der Waals surface area contributed by atoms with Crippen molar-refractivity contribution in [3.63, 3.8) is 0 Å². The molecule has 0 aliphatic heterocycles. The molecule has 84 valence electrons. The Hall–Kier alpha value is -1.37. The highest BCUT2D eigenvalue weighted by molar-refractivity contribution is 5.78. The minimum atomic E-state index is 0.394. The van der Waals surface area contributed by atoms with Crippen LogP contribution in [0.25, 0.3) is 10.9 Å². The Morgan fingerprint density at radius 2 is 1.88 bits per heavy atom. The molecule has 0 bridgehead atoms. The summed E-state index contributed by atoms with van der Waals surface area (Å²) in [6, 6.07) is 10.5. The minimum absolute atomic E-state index is 0.394. The molecule has 0 unspecified atom stereocenters. The minimum Gasteiger partial charge on any atom is -0.256 e. The van der Waals surface area contributed by atoms with Crippen LogP contribution in [0.15, 0.2) is 36.5 Å². The second-order valence-corrected chi connectivity index (χ2v) is 5.60. The molecular weight excluding hydrogens is 194 g/mol. The maximum absolute atomic E-state index is 4.48. The molecule has 1 aromatic carbocycles. The Bertz CT molecular complexity index is 480. The van der Waals surface area contributed by atoms with E-state index in [0.717, 1.165) is 11.9 Å². The molecule has 0 spiro atoms. The Kier molecular flexibility index (Phi) is 2.95. The van der Waals surface area contributed by atoms with E-state index in [-0.39, 0.29) is 0 Å². The number of para-hydroxylation sites is 1. The van der Waals surface area contributed by atoms with Gasteiger partial charge in [-0.15, -0.1) is 0 Å². The van der Waals surface area contributed by atoms with Crippen molar-refractivity contribution in [1.29, 1.82) is 0 Å². The molecule has 1 nitrogen and oxygen atoms in total. The molecule has 0 aliphatic rings. The van der Waals surface area contributed by atoms with Crippen LogP contribution in [0.1, 0.15) is 32.8 Å². The van der Waals surface area contributed by atoms with Gasteiger partial charge in [-0.2, -0.15) is 0 Å². The van der Waals surface area contributed by atoms with Gasteiger partial charge in [-0.1, -0.05) is 39.0 Å². The van der Waals surface area contributed by atoms with Crippen LogP contribution in [0.4, 0.5) is 0 Å². The van der Waals surface area contributed by atoms with Crippen molar-refractivity contribution in [3.8, 4) is 0 Å². The lowest BCUT2D eigenvalue weighted by atomic mass is 9.89. The van der Waals surface area contributed by atoms with Gasteiger partial charge in [-0.25, -0.2) is 0 Å². The summed E-state index contributed by atoms with van der Waals surface area (Å²) >= 11 is 0. The highest BCUT2D eigenvalue weighted by Gasteiger charge is 2.10. The number of aryl methyl sites for hydroxylation is 1. The molecule has 1 heterocycles. The molecule has 0 aliphatic carbocycles. The Morgan fingerprint density at radius 1 is 1.12 bits per heavy atom. The molecule has 0 atom stereocenters. The molecule has 0 N–H and O–H groups in total. The van der Waals surface area contributed by atoms with E-state index in [2.05, 4.69) is 50.0 Å². The molecular formula is C15H19N. The van der Waals surface area contributed by atoms with E-state index in [4.69, 9.17) is 0 Å². The van der Waals surface area contributed by atoms with Crippen molar-refractivity contribution in [2.75, 3.05) is 0 Å². The van der Waals surface area contributed by atoms with Crippen molar-refractivity contribution >= 4 is 10.9 Å². The first-order valence-corrected chi connectivity index (χ1v) is 5.88. The number of hydrogen-bond donors (Lipinski definition) is 0. The second kappa shape index (κ2) is 4.25. The van der Waals surface area contributed by atoms with Crippen LogP contribution < -0.4 is 0 Å². The zero-order valence-electron chi connectivity index (χ0n) is 10.3. The summed E-state index contributed by atoms with van der Waals surface area (Å²) in [5.74, 6) is 0. The van der Waals surface area contributed by atoms with Crippen molar-refractivity contribution < 1.29 is 0 Å². The van der Waals surface area contributed by atoms with Crippen LogP contribution in [0.3, 0.4) is 0 Å². The summed E-state index contributed by atoms with van der Waals surface area (Å²) in [5, 5.41) is 1.24. The fourth-order valence-corrected chi connectivity index (χ4v) is 1.77. The molecule has 2 rings (SSSR count). The highest BCUT2D eigenvalue weighted by atomic mass is 14.6. The van der Waals surface area contributed by atoms with E-state index in [0.29, 0.717) is 5.41 Å². The van der Waals surface area contributed by atoms with E-state index in [9.17, 15) is 0 Å². The summed E-state index contributed by atoms with van der Waals surface area (Å²) in [6.45, 7) is 6.84. The van der Waals surface area contributed by atoms with Gasteiger partial charge >= 0.3 is 0 Å². The molecule has 16 heavy (non-hydrogen) atoms. The maximum atomic E-state index is 4.48. The van der Waals surface area contributed by atoms with Gasteiger partial charge in [0.2, 0.25) is 0 Å². The van der Waals surface area contributed by atoms with Gasteiger partial charge < -0.3 is 0 Å². The number of pyridine rings is 1. The second-order valence-electron chi connectivity index (χ2n) is 5.60. The Labute approximate surface area is 97.5 Å². The standard InChI is InChI=1S/C15H19N/c1-15(2,3)9-8-12-10-13-6-4-5-7-14(13)16-11-12/h4-7,10-11H,8-9H2,1-3H3. The van der Waals surface area contributed by atoms with Gasteiger partial charge in [0.05, 0.1) is 5.52 Å². The zero-order valence-corrected chi connectivity index (χ0v) is 10.3. The lowest BCUT2D eigenvalue weighted by Crippen LogP contribution is -2.06. The van der Waals surface area contributed by atoms with Gasteiger partial charge in [0.1, 0.15) is 0 Å². The molecule has 0 amide bonds. The monoisotopic (exact) mass is 213 g/mol. The molecule has 1 aromatic heterocycles. The fourth-order valence-electron chi connectivity index (χ4n) is 1.77. The fraction of sp³-hybridized carbons (Fsp3) is 0.400. The number of nitrogens with zero attached hydrogens (tertiary/aromatic N) is 1. The predicted octanol–water partition coefficient (Wildman–Crippen LogP) is 4.21.